The largest absolute Gasteiger partial charge is 0.462 e. The average Bonchev–Trinajstić information content (AvgIpc) is 3.39. The van der Waals surface area contributed by atoms with Gasteiger partial charge in [-0.2, -0.15) is 15.1 Å². The number of hydrogen-bond donors (Lipinski definition) is 4. The number of anilines is 2. The van der Waals surface area contributed by atoms with Gasteiger partial charge in [0, 0.05) is 7.05 Å². The minimum Gasteiger partial charge on any atom is -0.462 e. The zero-order valence-corrected chi connectivity index (χ0v) is 24.0. The number of nitrogen functional groups attached to an aromatic ring is 1. The average molecular weight is 620 g/mol. The second-order valence-corrected chi connectivity index (χ2v) is 11.6. The van der Waals surface area contributed by atoms with Crippen molar-refractivity contribution in [2.45, 2.75) is 56.2 Å². The molecule has 6 atom stereocenters. The van der Waals surface area contributed by atoms with Crippen LogP contribution in [0.3, 0.4) is 0 Å². The van der Waals surface area contributed by atoms with Gasteiger partial charge in [-0.15, -0.1) is 0 Å². The fourth-order valence-electron chi connectivity index (χ4n) is 3.89. The first-order valence-electron chi connectivity index (χ1n) is 12.3. The number of esters is 1. The number of halogens is 3. The van der Waals surface area contributed by atoms with Crippen molar-refractivity contribution < 1.29 is 41.8 Å². The molecule has 18 heteroatoms. The molecule has 3 heterocycles. The van der Waals surface area contributed by atoms with Gasteiger partial charge in [0.15, 0.2) is 29.3 Å². The lowest BCUT2D eigenvalue weighted by atomic mass is 10.1. The quantitative estimate of drug-likeness (QED) is 0.140. The molecule has 1 saturated heterocycles. The number of hydrogen-bond acceptors (Lipinski definition) is 12. The molecule has 0 spiro atoms. The Hall–Kier alpha value is -3.14. The van der Waals surface area contributed by atoms with Crippen LogP contribution in [0.25, 0.3) is 11.2 Å². The Morgan fingerprint density at radius 2 is 1.98 bits per heavy atom. The van der Waals surface area contributed by atoms with Crippen LogP contribution in [0.5, 0.6) is 5.75 Å². The summed E-state index contributed by atoms with van der Waals surface area (Å²) in [5.74, 6) is -4.17. The third-order valence-electron chi connectivity index (χ3n) is 5.80. The summed E-state index contributed by atoms with van der Waals surface area (Å²) in [6.45, 7) is 3.20. The Morgan fingerprint density at radius 1 is 1.29 bits per heavy atom. The van der Waals surface area contributed by atoms with E-state index in [9.17, 15) is 14.5 Å². The Morgan fingerprint density at radius 3 is 2.61 bits per heavy atom. The normalized spacial score (nSPS) is 26.6. The van der Waals surface area contributed by atoms with Crippen LogP contribution in [0.15, 0.2) is 36.7 Å². The third kappa shape index (κ3) is 6.37. The van der Waals surface area contributed by atoms with E-state index in [-0.39, 0.29) is 28.7 Å². The van der Waals surface area contributed by atoms with Crippen molar-refractivity contribution in [3.05, 3.63) is 36.7 Å². The first-order valence-corrected chi connectivity index (χ1v) is 14.2. The molecule has 3 aromatic rings. The van der Waals surface area contributed by atoms with Crippen LogP contribution >= 0.6 is 19.3 Å². The molecule has 4 rings (SSSR count). The summed E-state index contributed by atoms with van der Waals surface area (Å²) in [5.41, 5.74) is 5.77. The van der Waals surface area contributed by atoms with Crippen LogP contribution < -0.4 is 20.7 Å². The number of fused-ring (bicyclic) bond motifs is 1. The number of rotatable bonds is 11. The molecule has 1 aliphatic rings. The number of aliphatic hydroxyl groups is 1. The number of nitrogens with two attached hydrogens (primary N) is 1. The van der Waals surface area contributed by atoms with E-state index in [2.05, 4.69) is 25.4 Å². The minimum atomic E-state index is -4.61. The van der Waals surface area contributed by atoms with Crippen LogP contribution in [-0.2, 0) is 23.4 Å². The number of ether oxygens (including phenoxy) is 2. The van der Waals surface area contributed by atoms with E-state index < -0.39 is 55.8 Å². The van der Waals surface area contributed by atoms with Gasteiger partial charge in [0.05, 0.1) is 12.4 Å². The molecule has 14 nitrogen and oxygen atoms in total. The number of carbonyl (C=O) groups is 1. The summed E-state index contributed by atoms with van der Waals surface area (Å²) in [4.78, 5) is 24.4. The Kier molecular flexibility index (Phi) is 8.73. The molecule has 5 N–H and O–H groups in total. The molecule has 2 aromatic heterocycles. The summed E-state index contributed by atoms with van der Waals surface area (Å²) >= 11 is 5.97. The smallest absolute Gasteiger partial charge is 0.459 e. The van der Waals surface area contributed by atoms with Gasteiger partial charge in [-0.05, 0) is 32.9 Å². The zero-order valence-electron chi connectivity index (χ0n) is 22.3. The maximum Gasteiger partial charge on any atom is 0.459 e. The highest BCUT2D eigenvalue weighted by molar-refractivity contribution is 7.52. The lowest BCUT2D eigenvalue weighted by Crippen LogP contribution is -2.46. The van der Waals surface area contributed by atoms with Crippen molar-refractivity contribution in [1.82, 2.24) is 24.6 Å². The first-order chi connectivity index (χ1) is 19.2. The SMILES string of the molecule is CNc1nc(N)nc2c1ncn2[C@@H]1O[C@](F)(COP(=O)(N[C@@H](C)C(=O)OC(C)C)Oc2ccccc2)[C@@H](O)[C@]1(F)Cl. The number of alkyl halides is 3. The molecule has 41 heavy (non-hydrogen) atoms. The molecule has 1 fully saturated rings. The molecular formula is C23H29ClF2N7O7P. The van der Waals surface area contributed by atoms with Crippen molar-refractivity contribution in [3.8, 4) is 5.75 Å². The zero-order chi connectivity index (χ0) is 30.2. The number of carbonyl (C=O) groups excluding carboxylic acids is 1. The molecule has 0 aliphatic carbocycles. The number of nitrogens with zero attached hydrogens (tertiary/aromatic N) is 4. The van der Waals surface area contributed by atoms with Gasteiger partial charge in [-0.1, -0.05) is 29.8 Å². The van der Waals surface area contributed by atoms with E-state index in [4.69, 9.17) is 35.9 Å². The van der Waals surface area contributed by atoms with Crippen LogP contribution in [0.2, 0.25) is 0 Å². The van der Waals surface area contributed by atoms with Crippen molar-refractivity contribution >= 4 is 48.2 Å². The fraction of sp³-hybridized carbons (Fsp3) is 0.478. The van der Waals surface area contributed by atoms with Gasteiger partial charge < -0.3 is 30.2 Å². The van der Waals surface area contributed by atoms with Crippen LogP contribution in [-0.4, -0.2) is 73.5 Å². The van der Waals surface area contributed by atoms with Crippen LogP contribution in [0.4, 0.5) is 20.5 Å². The molecule has 1 aliphatic heterocycles. The third-order valence-corrected chi connectivity index (χ3v) is 7.81. The first kappa shape index (κ1) is 30.8. The van der Waals surface area contributed by atoms with Gasteiger partial charge in [0.1, 0.15) is 18.4 Å². The maximum atomic E-state index is 16.1. The van der Waals surface area contributed by atoms with E-state index in [0.717, 1.165) is 10.9 Å². The highest BCUT2D eigenvalue weighted by Gasteiger charge is 2.67. The van der Waals surface area contributed by atoms with Gasteiger partial charge in [0.25, 0.3) is 11.0 Å². The number of nitrogens with one attached hydrogen (secondary N) is 2. The minimum absolute atomic E-state index is 0.0334. The Labute approximate surface area is 238 Å². The maximum absolute atomic E-state index is 16.1. The van der Waals surface area contributed by atoms with Gasteiger partial charge in [-0.3, -0.25) is 13.9 Å². The summed E-state index contributed by atoms with van der Waals surface area (Å²) in [5, 5.41) is 12.4. The van der Waals surface area contributed by atoms with Gasteiger partial charge >= 0.3 is 13.7 Å². The van der Waals surface area contributed by atoms with Crippen molar-refractivity contribution in [2.75, 3.05) is 24.7 Å². The predicted octanol–water partition coefficient (Wildman–Crippen LogP) is 3.04. The molecule has 0 amide bonds. The lowest BCUT2D eigenvalue weighted by molar-refractivity contribution is -0.202. The molecule has 0 radical (unpaired) electrons. The van der Waals surface area contributed by atoms with Gasteiger partial charge in [0.2, 0.25) is 5.95 Å². The van der Waals surface area contributed by atoms with Crippen molar-refractivity contribution in [3.63, 3.8) is 0 Å². The topological polar surface area (TPSA) is 185 Å². The summed E-state index contributed by atoms with van der Waals surface area (Å²) in [7, 11) is -3.07. The number of aliphatic hydroxyl groups excluding tert-OH is 1. The number of imidazole rings is 1. The van der Waals surface area contributed by atoms with Crippen molar-refractivity contribution in [1.29, 1.82) is 0 Å². The molecule has 1 unspecified atom stereocenters. The highest BCUT2D eigenvalue weighted by Crippen LogP contribution is 2.53. The van der Waals surface area contributed by atoms with E-state index in [1.807, 2.05) is 0 Å². The summed E-state index contributed by atoms with van der Waals surface area (Å²) in [6, 6.07) is 6.41. The van der Waals surface area contributed by atoms with E-state index in [0.29, 0.717) is 0 Å². The standard InChI is InChI=1S/C23H29ClF2N7O7P/c1-12(2)38-18(34)13(3)32-41(36,40-14-8-6-5-7-9-14)37-10-22(25)19(35)23(24,26)20(39-22)33-11-29-15-16(28-4)30-21(27)31-17(15)33/h5-9,11-13,19-20,35H,10H2,1-4H3,(H,32,36)(H3,27,28,30,31)/t13-,19+,20+,22+,23+,41?/m0/s1. The number of benzene rings is 1. The molecule has 0 saturated carbocycles. The molecule has 1 aromatic carbocycles. The molecule has 0 bridgehead atoms. The second kappa shape index (κ2) is 11.6. The number of aromatic nitrogens is 4. The van der Waals surface area contributed by atoms with Crippen LogP contribution in [0.1, 0.15) is 27.0 Å². The Balaban J connectivity index is 1.61. The fourth-order valence-corrected chi connectivity index (χ4v) is 5.71. The van der Waals surface area contributed by atoms with E-state index >= 15 is 8.78 Å². The Bertz CT molecular complexity index is 1450. The van der Waals surface area contributed by atoms with Crippen molar-refractivity contribution in [2.24, 2.45) is 0 Å². The molecule has 224 valence electrons. The number of para-hydroxylation sites is 1. The van der Waals surface area contributed by atoms with E-state index in [1.54, 1.807) is 32.0 Å². The van der Waals surface area contributed by atoms with E-state index in [1.165, 1.54) is 26.1 Å². The summed E-state index contributed by atoms with van der Waals surface area (Å²) < 4.78 is 67.5. The van der Waals surface area contributed by atoms with Gasteiger partial charge in [-0.25, -0.2) is 18.3 Å². The summed E-state index contributed by atoms with van der Waals surface area (Å²) in [6.07, 6.45) is -4.15. The predicted molar refractivity (Wildman–Crippen MR) is 143 cm³/mol. The lowest BCUT2D eigenvalue weighted by Gasteiger charge is -2.27. The molecular weight excluding hydrogens is 591 g/mol. The van der Waals surface area contributed by atoms with Crippen LogP contribution in [0, 0.1) is 0 Å². The second-order valence-electron chi connectivity index (χ2n) is 9.35. The monoisotopic (exact) mass is 619 g/mol. The highest BCUT2D eigenvalue weighted by atomic mass is 35.5.